The minimum absolute atomic E-state index is 0.0457. The van der Waals surface area contributed by atoms with E-state index in [1.807, 2.05) is 6.92 Å². The molecule has 0 radical (unpaired) electrons. The zero-order valence-electron chi connectivity index (χ0n) is 13.7. The van der Waals surface area contributed by atoms with Gasteiger partial charge in [-0.2, -0.15) is 4.31 Å². The zero-order chi connectivity index (χ0) is 16.9. The van der Waals surface area contributed by atoms with Crippen LogP contribution in [0.3, 0.4) is 0 Å². The minimum atomic E-state index is -3.50. The van der Waals surface area contributed by atoms with Crippen molar-refractivity contribution >= 4 is 15.9 Å². The Labute approximate surface area is 138 Å². The summed E-state index contributed by atoms with van der Waals surface area (Å²) >= 11 is 0. The van der Waals surface area contributed by atoms with Gasteiger partial charge < -0.3 is 5.32 Å². The SMILES string of the molecule is CCCC(C)NC(=O)C1CCN(S(=O)(=O)c2cccnc2)CC1. The highest BCUT2D eigenvalue weighted by molar-refractivity contribution is 7.89. The summed E-state index contributed by atoms with van der Waals surface area (Å²) in [6.07, 6.45) is 6.02. The van der Waals surface area contributed by atoms with Gasteiger partial charge in [0.1, 0.15) is 4.90 Å². The summed E-state index contributed by atoms with van der Waals surface area (Å²) in [6, 6.07) is 3.33. The molecule has 0 bridgehead atoms. The molecule has 1 aromatic rings. The van der Waals surface area contributed by atoms with Crippen LogP contribution in [0.5, 0.6) is 0 Å². The third kappa shape index (κ3) is 4.51. The van der Waals surface area contributed by atoms with Crippen molar-refractivity contribution < 1.29 is 13.2 Å². The van der Waals surface area contributed by atoms with Gasteiger partial charge in [0.15, 0.2) is 0 Å². The zero-order valence-corrected chi connectivity index (χ0v) is 14.6. The van der Waals surface area contributed by atoms with E-state index >= 15 is 0 Å². The van der Waals surface area contributed by atoms with Crippen LogP contribution in [-0.2, 0) is 14.8 Å². The van der Waals surface area contributed by atoms with Crippen LogP contribution >= 0.6 is 0 Å². The first-order valence-corrected chi connectivity index (χ1v) is 9.59. The smallest absolute Gasteiger partial charge is 0.244 e. The largest absolute Gasteiger partial charge is 0.353 e. The van der Waals surface area contributed by atoms with Crippen molar-refractivity contribution in [2.45, 2.75) is 50.5 Å². The molecule has 1 aromatic heterocycles. The van der Waals surface area contributed by atoms with E-state index in [0.717, 1.165) is 12.8 Å². The predicted molar refractivity (Wildman–Crippen MR) is 88.2 cm³/mol. The number of rotatable bonds is 6. The maximum absolute atomic E-state index is 12.5. The van der Waals surface area contributed by atoms with E-state index in [-0.39, 0.29) is 22.8 Å². The lowest BCUT2D eigenvalue weighted by atomic mass is 9.96. The first kappa shape index (κ1) is 17.9. The fourth-order valence-corrected chi connectivity index (χ4v) is 4.31. The quantitative estimate of drug-likeness (QED) is 0.857. The van der Waals surface area contributed by atoms with E-state index in [1.54, 1.807) is 18.3 Å². The topological polar surface area (TPSA) is 79.4 Å². The summed E-state index contributed by atoms with van der Waals surface area (Å²) in [4.78, 5) is 16.3. The van der Waals surface area contributed by atoms with E-state index in [0.29, 0.717) is 25.9 Å². The van der Waals surface area contributed by atoms with Gasteiger partial charge in [-0.3, -0.25) is 9.78 Å². The molecule has 0 aliphatic carbocycles. The maximum Gasteiger partial charge on any atom is 0.244 e. The van der Waals surface area contributed by atoms with Crippen LogP contribution in [0.1, 0.15) is 39.5 Å². The molecule has 1 unspecified atom stereocenters. The van der Waals surface area contributed by atoms with E-state index in [4.69, 9.17) is 0 Å². The number of carbonyl (C=O) groups is 1. The number of nitrogens with one attached hydrogen (secondary N) is 1. The van der Waals surface area contributed by atoms with Crippen LogP contribution in [0.15, 0.2) is 29.4 Å². The van der Waals surface area contributed by atoms with Crippen LogP contribution in [-0.4, -0.2) is 42.7 Å². The van der Waals surface area contributed by atoms with Crippen molar-refractivity contribution in [2.24, 2.45) is 5.92 Å². The molecule has 0 spiro atoms. The minimum Gasteiger partial charge on any atom is -0.353 e. The Morgan fingerprint density at radius 3 is 2.70 bits per heavy atom. The Hall–Kier alpha value is -1.47. The van der Waals surface area contributed by atoms with Gasteiger partial charge >= 0.3 is 0 Å². The fraction of sp³-hybridized carbons (Fsp3) is 0.625. The molecule has 6 nitrogen and oxygen atoms in total. The second-order valence-electron chi connectivity index (χ2n) is 6.07. The third-order valence-electron chi connectivity index (χ3n) is 4.21. The van der Waals surface area contributed by atoms with E-state index in [9.17, 15) is 13.2 Å². The van der Waals surface area contributed by atoms with Gasteiger partial charge in [0, 0.05) is 37.4 Å². The Balaban J connectivity index is 1.92. The first-order valence-electron chi connectivity index (χ1n) is 8.15. The lowest BCUT2D eigenvalue weighted by Gasteiger charge is -2.31. The Kier molecular flexibility index (Phi) is 6.12. The Bertz CT molecular complexity index is 611. The van der Waals surface area contributed by atoms with E-state index in [1.165, 1.54) is 10.5 Å². The van der Waals surface area contributed by atoms with E-state index in [2.05, 4.69) is 17.2 Å². The molecule has 2 heterocycles. The molecule has 23 heavy (non-hydrogen) atoms. The molecule has 1 amide bonds. The number of pyridine rings is 1. The highest BCUT2D eigenvalue weighted by atomic mass is 32.2. The number of piperidine rings is 1. The summed E-state index contributed by atoms with van der Waals surface area (Å²) in [6.45, 7) is 4.84. The molecular weight excluding hydrogens is 314 g/mol. The first-order chi connectivity index (χ1) is 10.9. The van der Waals surface area contributed by atoms with Crippen LogP contribution in [0.2, 0.25) is 0 Å². The molecule has 1 atom stereocenters. The average molecular weight is 339 g/mol. The molecule has 2 rings (SSSR count). The third-order valence-corrected chi connectivity index (χ3v) is 6.09. The van der Waals surface area contributed by atoms with Crippen molar-refractivity contribution in [2.75, 3.05) is 13.1 Å². The van der Waals surface area contributed by atoms with Crippen LogP contribution in [0.4, 0.5) is 0 Å². The summed E-state index contributed by atoms with van der Waals surface area (Å²) in [5, 5.41) is 3.02. The van der Waals surface area contributed by atoms with Gasteiger partial charge in [0.2, 0.25) is 15.9 Å². The van der Waals surface area contributed by atoms with Crippen LogP contribution < -0.4 is 5.32 Å². The lowest BCUT2D eigenvalue weighted by Crippen LogP contribution is -2.44. The molecular formula is C16H25N3O3S. The van der Waals surface area contributed by atoms with Crippen LogP contribution in [0, 0.1) is 5.92 Å². The standard InChI is InChI=1S/C16H25N3O3S/c1-3-5-13(2)18-16(20)14-7-10-19(11-8-14)23(21,22)15-6-4-9-17-12-15/h4,6,9,12-14H,3,5,7-8,10-11H2,1-2H3,(H,18,20). The molecule has 0 aromatic carbocycles. The normalized spacial score (nSPS) is 18.5. The van der Waals surface area contributed by atoms with Gasteiger partial charge in [0.05, 0.1) is 0 Å². The highest BCUT2D eigenvalue weighted by Crippen LogP contribution is 2.23. The van der Waals surface area contributed by atoms with Crippen molar-refractivity contribution in [3.63, 3.8) is 0 Å². The van der Waals surface area contributed by atoms with E-state index < -0.39 is 10.0 Å². The van der Waals surface area contributed by atoms with Gasteiger partial charge in [0.25, 0.3) is 0 Å². The van der Waals surface area contributed by atoms with Crippen molar-refractivity contribution in [1.82, 2.24) is 14.6 Å². The number of aromatic nitrogens is 1. The summed E-state index contributed by atoms with van der Waals surface area (Å²) in [5.74, 6) is -0.0565. The maximum atomic E-state index is 12.5. The number of amides is 1. The summed E-state index contributed by atoms with van der Waals surface area (Å²) < 4.78 is 26.5. The van der Waals surface area contributed by atoms with Crippen molar-refractivity contribution in [1.29, 1.82) is 0 Å². The number of hydrogen-bond acceptors (Lipinski definition) is 4. The highest BCUT2D eigenvalue weighted by Gasteiger charge is 2.32. The van der Waals surface area contributed by atoms with Gasteiger partial charge in [-0.25, -0.2) is 8.42 Å². The molecule has 1 aliphatic rings. The Morgan fingerprint density at radius 1 is 1.43 bits per heavy atom. The molecule has 7 heteroatoms. The molecule has 1 fully saturated rings. The summed E-state index contributed by atoms with van der Waals surface area (Å²) in [7, 11) is -3.50. The number of hydrogen-bond donors (Lipinski definition) is 1. The lowest BCUT2D eigenvalue weighted by molar-refractivity contribution is -0.126. The molecule has 1 aliphatic heterocycles. The van der Waals surface area contributed by atoms with Crippen molar-refractivity contribution in [3.8, 4) is 0 Å². The second kappa shape index (κ2) is 7.88. The number of sulfonamides is 1. The Morgan fingerprint density at radius 2 is 2.13 bits per heavy atom. The molecule has 1 N–H and O–H groups in total. The number of carbonyl (C=O) groups excluding carboxylic acids is 1. The van der Waals surface area contributed by atoms with Gasteiger partial charge in [-0.1, -0.05) is 13.3 Å². The van der Waals surface area contributed by atoms with Gasteiger partial charge in [-0.05, 0) is 38.3 Å². The monoisotopic (exact) mass is 339 g/mol. The molecule has 1 saturated heterocycles. The van der Waals surface area contributed by atoms with Crippen molar-refractivity contribution in [3.05, 3.63) is 24.5 Å². The fourth-order valence-electron chi connectivity index (χ4n) is 2.87. The summed E-state index contributed by atoms with van der Waals surface area (Å²) in [5.41, 5.74) is 0. The second-order valence-corrected chi connectivity index (χ2v) is 8.00. The van der Waals surface area contributed by atoms with Gasteiger partial charge in [-0.15, -0.1) is 0 Å². The van der Waals surface area contributed by atoms with Crippen LogP contribution in [0.25, 0.3) is 0 Å². The molecule has 128 valence electrons. The average Bonchev–Trinajstić information content (AvgIpc) is 2.56. The molecule has 0 saturated carbocycles. The predicted octanol–water partition coefficient (Wildman–Crippen LogP) is 1.79. The number of nitrogens with zero attached hydrogens (tertiary/aromatic N) is 2.